The number of carbonyl (C=O) groups is 2. The first-order chi connectivity index (χ1) is 8.98. The average Bonchev–Trinajstić information content (AvgIpc) is 3.10. The highest BCUT2D eigenvalue weighted by atomic mass is 16.5. The van der Waals surface area contributed by atoms with E-state index in [4.69, 9.17) is 9.84 Å². The minimum absolute atomic E-state index is 0.0137. The highest BCUT2D eigenvalue weighted by Gasteiger charge is 2.59. The molecular weight excluding hydrogens is 246 g/mol. The maximum atomic E-state index is 11.9. The molecule has 5 nitrogen and oxygen atoms in total. The van der Waals surface area contributed by atoms with Gasteiger partial charge in [0.25, 0.3) is 0 Å². The van der Waals surface area contributed by atoms with Crippen molar-refractivity contribution >= 4 is 11.9 Å². The van der Waals surface area contributed by atoms with Gasteiger partial charge in [-0.3, -0.25) is 9.59 Å². The van der Waals surface area contributed by atoms with Gasteiger partial charge >= 0.3 is 5.97 Å². The number of piperidine rings is 1. The molecule has 0 radical (unpaired) electrons. The third-order valence-corrected chi connectivity index (χ3v) is 4.67. The third kappa shape index (κ3) is 3.08. The van der Waals surface area contributed by atoms with Gasteiger partial charge in [-0.25, -0.2) is 0 Å². The van der Waals surface area contributed by atoms with E-state index in [0.29, 0.717) is 13.1 Å². The molecule has 1 aliphatic carbocycles. The van der Waals surface area contributed by atoms with E-state index in [2.05, 4.69) is 0 Å². The van der Waals surface area contributed by atoms with E-state index in [1.165, 1.54) is 0 Å². The molecule has 2 aliphatic rings. The summed E-state index contributed by atoms with van der Waals surface area (Å²) in [6, 6.07) is 0. The fourth-order valence-electron chi connectivity index (χ4n) is 2.87. The summed E-state index contributed by atoms with van der Waals surface area (Å²) >= 11 is 0. The Kier molecular flexibility index (Phi) is 4.13. The summed E-state index contributed by atoms with van der Waals surface area (Å²) in [6.45, 7) is 5.47. The Bertz CT molecular complexity index is 360. The first-order valence-corrected chi connectivity index (χ1v) is 7.10. The normalized spacial score (nSPS) is 26.2. The zero-order chi connectivity index (χ0) is 14.0. The van der Waals surface area contributed by atoms with Crippen LogP contribution >= 0.6 is 0 Å². The highest BCUT2D eigenvalue weighted by molar-refractivity contribution is 5.78. The lowest BCUT2D eigenvalue weighted by Crippen LogP contribution is -2.42. The number of aliphatic carboxylic acids is 1. The predicted molar refractivity (Wildman–Crippen MR) is 69.7 cm³/mol. The summed E-state index contributed by atoms with van der Waals surface area (Å²) in [4.78, 5) is 24.7. The largest absolute Gasteiger partial charge is 0.481 e. The lowest BCUT2D eigenvalue weighted by molar-refractivity contribution is -0.141. The fourth-order valence-corrected chi connectivity index (χ4v) is 2.87. The maximum absolute atomic E-state index is 11.9. The smallest absolute Gasteiger partial charge is 0.307 e. The van der Waals surface area contributed by atoms with Crippen molar-refractivity contribution in [2.24, 2.45) is 11.3 Å². The number of carbonyl (C=O) groups excluding carboxylic acids is 1. The summed E-state index contributed by atoms with van der Waals surface area (Å²) in [6.07, 6.45) is 3.43. The van der Waals surface area contributed by atoms with Crippen molar-refractivity contribution in [2.75, 3.05) is 19.7 Å². The van der Waals surface area contributed by atoms with Crippen molar-refractivity contribution in [3.8, 4) is 0 Å². The SMILES string of the molecule is CCC(C)OCC(=O)N1CCC2(CC1)CC2C(=O)O. The van der Waals surface area contributed by atoms with Crippen LogP contribution in [0.25, 0.3) is 0 Å². The van der Waals surface area contributed by atoms with Crippen LogP contribution in [0.3, 0.4) is 0 Å². The number of hydrogen-bond donors (Lipinski definition) is 1. The molecule has 1 heterocycles. The number of ether oxygens (including phenoxy) is 1. The van der Waals surface area contributed by atoms with Gasteiger partial charge in [-0.2, -0.15) is 0 Å². The topological polar surface area (TPSA) is 66.8 Å². The molecule has 2 atom stereocenters. The Morgan fingerprint density at radius 3 is 2.53 bits per heavy atom. The van der Waals surface area contributed by atoms with E-state index in [1.54, 1.807) is 0 Å². The molecule has 5 heteroatoms. The predicted octanol–water partition coefficient (Wildman–Crippen LogP) is 1.51. The van der Waals surface area contributed by atoms with Crippen LogP contribution < -0.4 is 0 Å². The Morgan fingerprint density at radius 2 is 2.05 bits per heavy atom. The zero-order valence-corrected chi connectivity index (χ0v) is 11.7. The summed E-state index contributed by atoms with van der Waals surface area (Å²) in [7, 11) is 0. The standard InChI is InChI=1S/C14H23NO4/c1-3-10(2)19-9-12(16)15-6-4-14(5-7-15)8-11(14)13(17)18/h10-11H,3-9H2,1-2H3,(H,17,18). The van der Waals surface area contributed by atoms with Crippen molar-refractivity contribution < 1.29 is 19.4 Å². The van der Waals surface area contributed by atoms with Crippen LogP contribution in [0.2, 0.25) is 0 Å². The van der Waals surface area contributed by atoms with E-state index in [1.807, 2.05) is 18.7 Å². The van der Waals surface area contributed by atoms with Gasteiger partial charge in [-0.05, 0) is 38.0 Å². The van der Waals surface area contributed by atoms with Crippen LogP contribution in [0, 0.1) is 11.3 Å². The summed E-state index contributed by atoms with van der Waals surface area (Å²) < 4.78 is 5.45. The second-order valence-corrected chi connectivity index (χ2v) is 5.87. The number of rotatable bonds is 5. The quantitative estimate of drug-likeness (QED) is 0.821. The first-order valence-electron chi connectivity index (χ1n) is 7.10. The fraction of sp³-hybridized carbons (Fsp3) is 0.857. The van der Waals surface area contributed by atoms with E-state index in [0.717, 1.165) is 25.7 Å². The van der Waals surface area contributed by atoms with E-state index in [-0.39, 0.29) is 30.0 Å². The number of nitrogens with zero attached hydrogens (tertiary/aromatic N) is 1. The molecule has 1 spiro atoms. The molecule has 108 valence electrons. The van der Waals surface area contributed by atoms with E-state index < -0.39 is 5.97 Å². The van der Waals surface area contributed by atoms with Gasteiger partial charge in [-0.1, -0.05) is 6.92 Å². The molecule has 0 aromatic heterocycles. The molecule has 0 bridgehead atoms. The van der Waals surface area contributed by atoms with Gasteiger partial charge < -0.3 is 14.7 Å². The number of carboxylic acids is 1. The second kappa shape index (κ2) is 5.49. The number of hydrogen-bond acceptors (Lipinski definition) is 3. The minimum atomic E-state index is -0.681. The van der Waals surface area contributed by atoms with Gasteiger partial charge in [0.2, 0.25) is 5.91 Å². The average molecular weight is 269 g/mol. The van der Waals surface area contributed by atoms with Gasteiger partial charge in [-0.15, -0.1) is 0 Å². The second-order valence-electron chi connectivity index (χ2n) is 5.87. The molecule has 1 amide bonds. The molecule has 1 saturated carbocycles. The van der Waals surface area contributed by atoms with Crippen molar-refractivity contribution in [3.63, 3.8) is 0 Å². The molecule has 0 aromatic rings. The van der Waals surface area contributed by atoms with Gasteiger partial charge in [0.05, 0.1) is 12.0 Å². The minimum Gasteiger partial charge on any atom is -0.481 e. The van der Waals surface area contributed by atoms with Crippen molar-refractivity contribution in [3.05, 3.63) is 0 Å². The molecule has 2 unspecified atom stereocenters. The number of likely N-dealkylation sites (tertiary alicyclic amines) is 1. The molecule has 1 N–H and O–H groups in total. The van der Waals surface area contributed by atoms with Crippen LogP contribution in [0.1, 0.15) is 39.5 Å². The van der Waals surface area contributed by atoms with Crippen molar-refractivity contribution in [2.45, 2.75) is 45.6 Å². The van der Waals surface area contributed by atoms with Gasteiger partial charge in [0.1, 0.15) is 6.61 Å². The van der Waals surface area contributed by atoms with E-state index >= 15 is 0 Å². The Hall–Kier alpha value is -1.10. The highest BCUT2D eigenvalue weighted by Crippen LogP contribution is 2.59. The Morgan fingerprint density at radius 1 is 1.42 bits per heavy atom. The van der Waals surface area contributed by atoms with Gasteiger partial charge in [0, 0.05) is 13.1 Å². The summed E-state index contributed by atoms with van der Waals surface area (Å²) in [5.41, 5.74) is -0.0137. The molecule has 19 heavy (non-hydrogen) atoms. The molecule has 2 rings (SSSR count). The zero-order valence-electron chi connectivity index (χ0n) is 11.7. The lowest BCUT2D eigenvalue weighted by Gasteiger charge is -2.32. The molecule has 1 aliphatic heterocycles. The van der Waals surface area contributed by atoms with Crippen LogP contribution in [0.5, 0.6) is 0 Å². The molecule has 1 saturated heterocycles. The lowest BCUT2D eigenvalue weighted by atomic mass is 9.91. The third-order valence-electron chi connectivity index (χ3n) is 4.67. The van der Waals surface area contributed by atoms with Crippen molar-refractivity contribution in [1.29, 1.82) is 0 Å². The number of carboxylic acid groups (broad SMARTS) is 1. The van der Waals surface area contributed by atoms with Crippen LogP contribution in [-0.4, -0.2) is 47.7 Å². The molecule has 2 fully saturated rings. The summed E-state index contributed by atoms with van der Waals surface area (Å²) in [5, 5.41) is 9.02. The molecule has 0 aromatic carbocycles. The van der Waals surface area contributed by atoms with Gasteiger partial charge in [0.15, 0.2) is 0 Å². The maximum Gasteiger partial charge on any atom is 0.307 e. The van der Waals surface area contributed by atoms with Crippen LogP contribution in [-0.2, 0) is 14.3 Å². The molecular formula is C14H23NO4. The van der Waals surface area contributed by atoms with E-state index in [9.17, 15) is 9.59 Å². The monoisotopic (exact) mass is 269 g/mol. The Balaban J connectivity index is 1.75. The number of amides is 1. The van der Waals surface area contributed by atoms with Crippen LogP contribution in [0.15, 0.2) is 0 Å². The Labute approximate surface area is 113 Å². The summed E-state index contributed by atoms with van der Waals surface area (Å²) in [5.74, 6) is -0.830. The first kappa shape index (κ1) is 14.3. The van der Waals surface area contributed by atoms with Crippen molar-refractivity contribution in [1.82, 2.24) is 4.90 Å². The van der Waals surface area contributed by atoms with Crippen LogP contribution in [0.4, 0.5) is 0 Å².